The van der Waals surface area contributed by atoms with Crippen molar-refractivity contribution in [3.8, 4) is 0 Å². The first kappa shape index (κ1) is 34.1. The molecule has 3 rings (SSSR count). The monoisotopic (exact) mass is 594 g/mol. The van der Waals surface area contributed by atoms with Gasteiger partial charge in [-0.25, -0.2) is 0 Å². The third-order valence-corrected chi connectivity index (χ3v) is 12.2. The Labute approximate surface area is 254 Å². The molecule has 7 heteroatoms. The van der Waals surface area contributed by atoms with Crippen LogP contribution in [0.2, 0.25) is 18.1 Å². The normalized spacial score (nSPS) is 12.5. The van der Waals surface area contributed by atoms with E-state index < -0.39 is 13.9 Å². The fourth-order valence-corrected chi connectivity index (χ4v) is 5.38. The van der Waals surface area contributed by atoms with Crippen LogP contribution in [-0.4, -0.2) is 74.4 Å². The molecular weight excluding hydrogens is 544 g/mol. The first-order valence-electron chi connectivity index (χ1n) is 15.0. The summed E-state index contributed by atoms with van der Waals surface area (Å²) in [5, 5.41) is 0.216. The van der Waals surface area contributed by atoms with Crippen LogP contribution in [0.5, 0.6) is 0 Å². The van der Waals surface area contributed by atoms with Crippen molar-refractivity contribution in [1.82, 2.24) is 0 Å². The first-order valence-corrected chi connectivity index (χ1v) is 17.9. The Morgan fingerprint density at radius 2 is 0.762 bits per heavy atom. The molecule has 0 fully saturated rings. The summed E-state index contributed by atoms with van der Waals surface area (Å²) in [6.45, 7) is 16.5. The third kappa shape index (κ3) is 10.4. The quantitative estimate of drug-likeness (QED) is 0.0792. The van der Waals surface area contributed by atoms with Gasteiger partial charge < -0.3 is 28.1 Å². The lowest BCUT2D eigenvalue weighted by Gasteiger charge is -2.36. The van der Waals surface area contributed by atoms with E-state index in [-0.39, 0.29) is 5.04 Å². The molecule has 3 aromatic carbocycles. The summed E-state index contributed by atoms with van der Waals surface area (Å²) in [6.07, 6.45) is 0. The average Bonchev–Trinajstić information content (AvgIpc) is 3.00. The van der Waals surface area contributed by atoms with Crippen LogP contribution in [0.3, 0.4) is 0 Å². The Bertz CT molecular complexity index is 1010. The van der Waals surface area contributed by atoms with Crippen LogP contribution in [0.25, 0.3) is 0 Å². The predicted octanol–water partition coefficient (Wildman–Crippen LogP) is 7.08. The van der Waals surface area contributed by atoms with Crippen LogP contribution < -0.4 is 0 Å². The number of rotatable bonds is 20. The topological polar surface area (TPSA) is 55.4 Å². The van der Waals surface area contributed by atoms with Crippen molar-refractivity contribution in [3.63, 3.8) is 0 Å². The molecule has 0 atom stereocenters. The molecule has 0 saturated carbocycles. The lowest BCUT2D eigenvalue weighted by atomic mass is 9.80. The molecule has 0 aliphatic carbocycles. The van der Waals surface area contributed by atoms with Gasteiger partial charge in [0.15, 0.2) is 8.32 Å². The maximum atomic E-state index is 6.72. The standard InChI is InChI=1S/C35H50O6Si/c1-34(2,3)42(4,5)41-30-28-39-26-24-37-22-21-36-23-25-38-27-29-40-35(31-15-9-6-10-16-31,32-17-11-7-12-18-32)33-19-13-8-14-20-33/h6-20H,21-30H2,1-5H3. The number of hydrogen-bond acceptors (Lipinski definition) is 6. The zero-order chi connectivity index (χ0) is 30.2. The second kappa shape index (κ2) is 17.7. The van der Waals surface area contributed by atoms with E-state index >= 15 is 0 Å². The molecule has 0 unspecified atom stereocenters. The van der Waals surface area contributed by atoms with Gasteiger partial charge in [-0.1, -0.05) is 112 Å². The van der Waals surface area contributed by atoms with E-state index in [2.05, 4.69) is 107 Å². The minimum atomic E-state index is -1.71. The van der Waals surface area contributed by atoms with Gasteiger partial charge in [-0.2, -0.15) is 0 Å². The summed E-state index contributed by atoms with van der Waals surface area (Å²) >= 11 is 0. The van der Waals surface area contributed by atoms with Crippen molar-refractivity contribution in [2.75, 3.05) is 66.1 Å². The second-order valence-corrected chi connectivity index (χ2v) is 16.5. The molecule has 0 radical (unpaired) electrons. The zero-order valence-electron chi connectivity index (χ0n) is 26.2. The molecule has 6 nitrogen and oxygen atoms in total. The van der Waals surface area contributed by atoms with Gasteiger partial charge >= 0.3 is 0 Å². The summed E-state index contributed by atoms with van der Waals surface area (Å²) in [4.78, 5) is 0. The Balaban J connectivity index is 1.31. The van der Waals surface area contributed by atoms with Gasteiger partial charge in [0.25, 0.3) is 0 Å². The third-order valence-electron chi connectivity index (χ3n) is 7.70. The van der Waals surface area contributed by atoms with Crippen molar-refractivity contribution in [2.45, 2.75) is 44.5 Å². The Kier molecular flexibility index (Phi) is 14.4. The van der Waals surface area contributed by atoms with Crippen molar-refractivity contribution in [3.05, 3.63) is 108 Å². The van der Waals surface area contributed by atoms with Crippen LogP contribution in [-0.2, 0) is 33.7 Å². The highest BCUT2D eigenvalue weighted by Crippen LogP contribution is 2.40. The van der Waals surface area contributed by atoms with E-state index in [4.69, 9.17) is 28.1 Å². The van der Waals surface area contributed by atoms with Gasteiger partial charge in [0, 0.05) is 0 Å². The summed E-state index contributed by atoms with van der Waals surface area (Å²) in [6, 6.07) is 31.1. The van der Waals surface area contributed by atoms with E-state index in [0.29, 0.717) is 66.1 Å². The lowest BCUT2D eigenvalue weighted by molar-refractivity contribution is -0.0386. The minimum Gasteiger partial charge on any atom is -0.414 e. The number of ether oxygens (including phenoxy) is 5. The Morgan fingerprint density at radius 3 is 1.10 bits per heavy atom. The highest BCUT2D eigenvalue weighted by atomic mass is 28.4. The van der Waals surface area contributed by atoms with Crippen LogP contribution >= 0.6 is 0 Å². The highest BCUT2D eigenvalue weighted by Gasteiger charge is 2.38. The zero-order valence-corrected chi connectivity index (χ0v) is 27.2. The van der Waals surface area contributed by atoms with Gasteiger partial charge in [-0.05, 0) is 34.8 Å². The van der Waals surface area contributed by atoms with E-state index in [1.54, 1.807) is 0 Å². The Hall–Kier alpha value is -2.36. The molecule has 0 spiro atoms. The maximum Gasteiger partial charge on any atom is 0.192 e. The van der Waals surface area contributed by atoms with Crippen LogP contribution in [0, 0.1) is 0 Å². The molecule has 0 bridgehead atoms. The fraction of sp³-hybridized carbons (Fsp3) is 0.486. The van der Waals surface area contributed by atoms with Crippen LogP contribution in [0.15, 0.2) is 91.0 Å². The molecule has 230 valence electrons. The smallest absolute Gasteiger partial charge is 0.192 e. The summed E-state index contributed by atoms with van der Waals surface area (Å²) in [5.41, 5.74) is 2.50. The highest BCUT2D eigenvalue weighted by molar-refractivity contribution is 6.74. The van der Waals surface area contributed by atoms with Gasteiger partial charge in [0.1, 0.15) is 5.60 Å². The molecule has 0 heterocycles. The SMILES string of the molecule is CC(C)(C)[Si](C)(C)OCCOCCOCCOCCOCCOC(c1ccccc1)(c1ccccc1)c1ccccc1. The van der Waals surface area contributed by atoms with Gasteiger partial charge in [-0.3, -0.25) is 0 Å². The molecule has 3 aromatic rings. The summed E-state index contributed by atoms with van der Waals surface area (Å²) < 4.78 is 35.6. The van der Waals surface area contributed by atoms with E-state index in [1.165, 1.54) is 0 Å². The van der Waals surface area contributed by atoms with Gasteiger partial charge in [0.05, 0.1) is 66.1 Å². The van der Waals surface area contributed by atoms with E-state index in [9.17, 15) is 0 Å². The van der Waals surface area contributed by atoms with Crippen LogP contribution in [0.1, 0.15) is 37.5 Å². The van der Waals surface area contributed by atoms with Gasteiger partial charge in [0.2, 0.25) is 0 Å². The molecule has 0 amide bonds. The molecule has 0 aliphatic heterocycles. The predicted molar refractivity (Wildman–Crippen MR) is 172 cm³/mol. The number of benzene rings is 3. The lowest BCUT2D eigenvalue weighted by Crippen LogP contribution is -2.41. The van der Waals surface area contributed by atoms with Gasteiger partial charge in [-0.15, -0.1) is 0 Å². The fourth-order valence-electron chi connectivity index (χ4n) is 4.36. The van der Waals surface area contributed by atoms with E-state index in [0.717, 1.165) is 16.7 Å². The van der Waals surface area contributed by atoms with Crippen molar-refractivity contribution < 1.29 is 28.1 Å². The molecular formula is C35H50O6Si. The Morgan fingerprint density at radius 1 is 0.452 bits per heavy atom. The molecule has 0 N–H and O–H groups in total. The molecule has 0 aromatic heterocycles. The minimum absolute atomic E-state index is 0.216. The summed E-state index contributed by atoms with van der Waals surface area (Å²) in [7, 11) is -1.71. The molecule has 0 aliphatic rings. The van der Waals surface area contributed by atoms with Crippen LogP contribution in [0.4, 0.5) is 0 Å². The van der Waals surface area contributed by atoms with Crippen molar-refractivity contribution in [2.24, 2.45) is 0 Å². The largest absolute Gasteiger partial charge is 0.414 e. The molecule has 42 heavy (non-hydrogen) atoms. The maximum absolute atomic E-state index is 6.72. The van der Waals surface area contributed by atoms with Crippen molar-refractivity contribution >= 4 is 8.32 Å². The summed E-state index contributed by atoms with van der Waals surface area (Å²) in [5.74, 6) is 0. The number of hydrogen-bond donors (Lipinski definition) is 0. The second-order valence-electron chi connectivity index (χ2n) is 11.7. The first-order chi connectivity index (χ1) is 20.3. The van der Waals surface area contributed by atoms with E-state index in [1.807, 2.05) is 18.2 Å². The van der Waals surface area contributed by atoms with Crippen molar-refractivity contribution in [1.29, 1.82) is 0 Å². The average molecular weight is 595 g/mol. The molecule has 0 saturated heterocycles.